The van der Waals surface area contributed by atoms with Crippen LogP contribution in [0.25, 0.3) is 0 Å². The summed E-state index contributed by atoms with van der Waals surface area (Å²) in [4.78, 5) is 59.5. The minimum absolute atomic E-state index is 0.00261. The molecule has 178 valence electrons. The molecule has 4 heterocycles. The van der Waals surface area contributed by atoms with Gasteiger partial charge in [0.1, 0.15) is 0 Å². The lowest BCUT2D eigenvalue weighted by molar-refractivity contribution is -0.141. The van der Waals surface area contributed by atoms with Crippen LogP contribution in [-0.2, 0) is 14.4 Å². The average Bonchev–Trinajstić information content (AvgIpc) is 3.54. The van der Waals surface area contributed by atoms with E-state index < -0.39 is 5.97 Å². The Morgan fingerprint density at radius 3 is 2.68 bits per heavy atom. The highest BCUT2D eigenvalue weighted by Crippen LogP contribution is 2.68. The number of rotatable bonds is 7. The lowest BCUT2D eigenvalue weighted by atomic mass is 9.68. The molecule has 2 aliphatic heterocycles. The maximum Gasteiger partial charge on any atom is 0.305 e. The number of carboxylic acid groups (broad SMARTS) is 1. The first-order chi connectivity index (χ1) is 16.5. The highest BCUT2D eigenvalue weighted by atomic mass is 32.2. The van der Waals surface area contributed by atoms with E-state index in [1.54, 1.807) is 18.0 Å². The first-order valence-corrected chi connectivity index (χ1v) is 13.5. The van der Waals surface area contributed by atoms with E-state index in [0.29, 0.717) is 25.8 Å². The van der Waals surface area contributed by atoms with Crippen LogP contribution in [0.1, 0.15) is 48.5 Å². The Kier molecular flexibility index (Phi) is 5.40. The maximum absolute atomic E-state index is 13.5. The molecule has 0 spiro atoms. The normalized spacial score (nSPS) is 33.2. The fourth-order valence-electron chi connectivity index (χ4n) is 6.96. The van der Waals surface area contributed by atoms with E-state index in [-0.39, 0.29) is 63.9 Å². The third-order valence-electron chi connectivity index (χ3n) is 8.13. The van der Waals surface area contributed by atoms with E-state index in [9.17, 15) is 19.2 Å². The summed E-state index contributed by atoms with van der Waals surface area (Å²) >= 11 is 2.94. The van der Waals surface area contributed by atoms with E-state index in [2.05, 4.69) is 9.97 Å². The van der Waals surface area contributed by atoms with Crippen molar-refractivity contribution in [3.05, 3.63) is 44.6 Å². The van der Waals surface area contributed by atoms with Crippen molar-refractivity contribution in [2.24, 2.45) is 29.6 Å². The smallest absolute Gasteiger partial charge is 0.305 e. The number of nitrogens with zero attached hydrogens (tertiary/aromatic N) is 2. The molecule has 2 aliphatic carbocycles. The van der Waals surface area contributed by atoms with Crippen LogP contribution in [0, 0.1) is 29.6 Å². The molecule has 2 bridgehead atoms. The van der Waals surface area contributed by atoms with Gasteiger partial charge in [0.25, 0.3) is 0 Å². The van der Waals surface area contributed by atoms with E-state index in [1.165, 1.54) is 16.2 Å². The number of carboxylic acids is 1. The number of hydrogen-bond donors (Lipinski definition) is 2. The summed E-state index contributed by atoms with van der Waals surface area (Å²) < 4.78 is 0. The zero-order chi connectivity index (χ0) is 23.6. The Bertz CT molecular complexity index is 1210. The molecule has 34 heavy (non-hydrogen) atoms. The molecule has 7 unspecified atom stereocenters. The van der Waals surface area contributed by atoms with Crippen molar-refractivity contribution in [3.8, 4) is 0 Å². The predicted octanol–water partition coefficient (Wildman–Crippen LogP) is 2.95. The van der Waals surface area contributed by atoms with Crippen LogP contribution >= 0.6 is 23.1 Å². The van der Waals surface area contributed by atoms with Gasteiger partial charge in [0.05, 0.1) is 16.9 Å². The summed E-state index contributed by atoms with van der Waals surface area (Å²) in [6.07, 6.45) is 6.46. The van der Waals surface area contributed by atoms with Gasteiger partial charge in [0, 0.05) is 41.4 Å². The number of unbranched alkanes of at least 4 members (excludes halogenated alkanes) is 2. The number of fused-ring (bicyclic) bond motifs is 9. The Labute approximate surface area is 204 Å². The third-order valence-corrected chi connectivity index (χ3v) is 10.7. The largest absolute Gasteiger partial charge is 0.481 e. The summed E-state index contributed by atoms with van der Waals surface area (Å²) in [7, 11) is 0. The van der Waals surface area contributed by atoms with Gasteiger partial charge in [-0.05, 0) is 48.6 Å². The van der Waals surface area contributed by atoms with Crippen molar-refractivity contribution in [2.45, 2.75) is 48.3 Å². The van der Waals surface area contributed by atoms with Crippen LogP contribution in [0.3, 0.4) is 0 Å². The van der Waals surface area contributed by atoms with Gasteiger partial charge < -0.3 is 10.1 Å². The lowest BCUT2D eigenvalue weighted by Gasteiger charge is -2.42. The Morgan fingerprint density at radius 2 is 1.94 bits per heavy atom. The molecular weight excluding hydrogens is 474 g/mol. The summed E-state index contributed by atoms with van der Waals surface area (Å²) in [5.74, 6) is -1.07. The van der Waals surface area contributed by atoms with Crippen molar-refractivity contribution in [1.82, 2.24) is 14.9 Å². The number of pyridine rings is 1. The molecule has 2 aromatic rings. The van der Waals surface area contributed by atoms with Gasteiger partial charge in [0.2, 0.25) is 11.8 Å². The topological polar surface area (TPSA) is 120 Å². The second kappa shape index (κ2) is 8.34. The number of nitrogens with one attached hydrogen (secondary N) is 1. The second-order valence-electron chi connectivity index (χ2n) is 9.78. The molecule has 2 aromatic heterocycles. The number of likely N-dealkylation sites (tertiary alicyclic amines) is 1. The van der Waals surface area contributed by atoms with Crippen LogP contribution in [0.15, 0.2) is 34.3 Å². The zero-order valence-corrected chi connectivity index (χ0v) is 20.0. The predicted molar refractivity (Wildman–Crippen MR) is 126 cm³/mol. The van der Waals surface area contributed by atoms with E-state index in [4.69, 9.17) is 5.11 Å². The van der Waals surface area contributed by atoms with Crippen molar-refractivity contribution in [3.63, 3.8) is 0 Å². The fourth-order valence-corrected chi connectivity index (χ4v) is 9.84. The summed E-state index contributed by atoms with van der Waals surface area (Å²) in [6, 6.07) is 3.96. The number of thiazole rings is 1. The molecular formula is C24H25N3O5S2. The number of amides is 2. The Morgan fingerprint density at radius 1 is 1.15 bits per heavy atom. The van der Waals surface area contributed by atoms with Gasteiger partial charge in [0.15, 0.2) is 0 Å². The van der Waals surface area contributed by atoms with Gasteiger partial charge in [-0.2, -0.15) is 0 Å². The van der Waals surface area contributed by atoms with Gasteiger partial charge in [-0.25, -0.2) is 0 Å². The fraction of sp³-hybridized carbons (Fsp3) is 0.542. The van der Waals surface area contributed by atoms with Gasteiger partial charge >= 0.3 is 10.8 Å². The molecule has 4 aliphatic rings. The third kappa shape index (κ3) is 3.29. The van der Waals surface area contributed by atoms with Crippen LogP contribution < -0.4 is 4.87 Å². The van der Waals surface area contributed by atoms with Crippen LogP contribution in [0.5, 0.6) is 0 Å². The maximum atomic E-state index is 13.5. The summed E-state index contributed by atoms with van der Waals surface area (Å²) in [5, 5.41) is 9.90. The van der Waals surface area contributed by atoms with Gasteiger partial charge in [-0.15, -0.1) is 11.8 Å². The summed E-state index contributed by atoms with van der Waals surface area (Å²) in [6.45, 7) is 0.374. The van der Waals surface area contributed by atoms with Crippen LogP contribution in [0.2, 0.25) is 0 Å². The quantitative estimate of drug-likeness (QED) is 0.444. The number of H-pyrrole nitrogens is 1. The van der Waals surface area contributed by atoms with Gasteiger partial charge in [-0.3, -0.25) is 29.1 Å². The number of hydrogen-bond acceptors (Lipinski definition) is 7. The number of aromatic amines is 1. The highest BCUT2D eigenvalue weighted by molar-refractivity contribution is 8.00. The number of carbonyl (C=O) groups is 3. The monoisotopic (exact) mass is 499 g/mol. The molecule has 2 N–H and O–H groups in total. The molecule has 7 atom stereocenters. The zero-order valence-electron chi connectivity index (χ0n) is 18.4. The lowest BCUT2D eigenvalue weighted by Crippen LogP contribution is -2.42. The van der Waals surface area contributed by atoms with E-state index in [0.717, 1.165) is 21.9 Å². The second-order valence-corrected chi connectivity index (χ2v) is 12.0. The van der Waals surface area contributed by atoms with E-state index >= 15 is 0 Å². The molecule has 10 heteroatoms. The van der Waals surface area contributed by atoms with Crippen LogP contribution in [-0.4, -0.2) is 49.6 Å². The van der Waals surface area contributed by atoms with E-state index in [1.807, 2.05) is 18.3 Å². The molecule has 2 saturated carbocycles. The van der Waals surface area contributed by atoms with Crippen molar-refractivity contribution in [1.29, 1.82) is 0 Å². The number of carbonyl (C=O) groups excluding carboxylic acids is 2. The first kappa shape index (κ1) is 22.0. The average molecular weight is 500 g/mol. The first-order valence-electron chi connectivity index (χ1n) is 11.8. The van der Waals surface area contributed by atoms with Crippen LogP contribution in [0.4, 0.5) is 0 Å². The molecule has 0 aromatic carbocycles. The SMILES string of the molecule is O=C(O)CCCCCN1C(=O)C2C3CC(C2C1=O)C1C(c2cccnc2)c2sc(=O)[nH]c2SC31. The standard InChI is InChI=1S/C24H25N3O5S2/c28-14(29)6-2-1-3-8-27-22(30)17-12-9-13(18(17)23(27)31)19-16(12)15(11-5-4-7-25-10-11)20-21(33-19)26-24(32)34-20/h4-5,7,10,12-13,15-19H,1-3,6,8-9H2,(H,26,32)(H,28,29). The molecule has 6 rings (SSSR count). The molecule has 0 radical (unpaired) electrons. The van der Waals surface area contributed by atoms with Crippen molar-refractivity contribution in [2.75, 3.05) is 6.54 Å². The van der Waals surface area contributed by atoms with Crippen molar-refractivity contribution >= 4 is 40.9 Å². The number of aromatic nitrogens is 2. The number of thioether (sulfide) groups is 1. The molecule has 8 nitrogen and oxygen atoms in total. The Balaban J connectivity index is 1.28. The molecule has 2 amide bonds. The summed E-state index contributed by atoms with van der Waals surface area (Å²) in [5.41, 5.74) is 1.06. The Hall–Kier alpha value is -2.46. The number of aliphatic carboxylic acids is 1. The minimum Gasteiger partial charge on any atom is -0.481 e. The molecule has 3 fully saturated rings. The molecule has 1 saturated heterocycles. The minimum atomic E-state index is -0.822. The van der Waals surface area contributed by atoms with Crippen molar-refractivity contribution < 1.29 is 19.5 Å². The number of imide groups is 1. The highest BCUT2D eigenvalue weighted by Gasteiger charge is 2.69. The van der Waals surface area contributed by atoms with Gasteiger partial charge in [-0.1, -0.05) is 23.8 Å².